The monoisotopic (exact) mass is 582 g/mol. The van der Waals surface area contributed by atoms with Crippen molar-refractivity contribution in [1.82, 2.24) is 9.80 Å². The maximum atomic E-state index is 3.90. The van der Waals surface area contributed by atoms with Gasteiger partial charge in [-0.3, -0.25) is 0 Å². The Morgan fingerprint density at radius 2 is 1.48 bits per heavy atom. The first-order valence-electron chi connectivity index (χ1n) is 15.9. The molecule has 226 valence electrons. The lowest BCUT2D eigenvalue weighted by Gasteiger charge is -2.44. The minimum Gasteiger partial charge on any atom is -0.361 e. The van der Waals surface area contributed by atoms with E-state index < -0.39 is 0 Å². The van der Waals surface area contributed by atoms with Crippen LogP contribution in [0.4, 0.5) is 17.1 Å². The van der Waals surface area contributed by atoms with E-state index >= 15 is 0 Å². The Hall–Kier alpha value is -4.70. The van der Waals surface area contributed by atoms with Gasteiger partial charge in [0.15, 0.2) is 0 Å². The number of hydrogen-bond acceptors (Lipinski definition) is 4. The summed E-state index contributed by atoms with van der Waals surface area (Å²) >= 11 is 0. The van der Waals surface area contributed by atoms with E-state index in [9.17, 15) is 0 Å². The number of hydrogen-bond donors (Lipinski definition) is 1. The zero-order valence-corrected chi connectivity index (χ0v) is 27.0. The Morgan fingerprint density at radius 1 is 0.818 bits per heavy atom. The average molecular weight is 583 g/mol. The first-order valence-corrected chi connectivity index (χ1v) is 15.9. The van der Waals surface area contributed by atoms with Gasteiger partial charge in [-0.1, -0.05) is 118 Å². The Bertz CT molecular complexity index is 1600. The van der Waals surface area contributed by atoms with Gasteiger partial charge in [-0.05, 0) is 62.2 Å². The summed E-state index contributed by atoms with van der Waals surface area (Å²) in [5, 5.41) is 3.85. The van der Waals surface area contributed by atoms with E-state index in [1.54, 1.807) is 0 Å². The number of fused-ring (bicyclic) bond motifs is 6. The predicted octanol–water partition coefficient (Wildman–Crippen LogP) is 10.4. The normalized spacial score (nSPS) is 22.5. The largest absolute Gasteiger partial charge is 0.361 e. The van der Waals surface area contributed by atoms with Gasteiger partial charge in [-0.25, -0.2) is 0 Å². The minimum atomic E-state index is 0.00411. The van der Waals surface area contributed by atoms with Crippen molar-refractivity contribution in [3.05, 3.63) is 162 Å². The third-order valence-electron chi connectivity index (χ3n) is 8.79. The van der Waals surface area contributed by atoms with Crippen molar-refractivity contribution in [1.29, 1.82) is 0 Å². The Kier molecular flexibility index (Phi) is 9.59. The molecule has 0 saturated carbocycles. The first-order chi connectivity index (χ1) is 21.6. The zero-order valence-electron chi connectivity index (χ0n) is 27.0. The van der Waals surface area contributed by atoms with Crippen LogP contribution in [-0.4, -0.2) is 22.9 Å². The van der Waals surface area contributed by atoms with Gasteiger partial charge < -0.3 is 20.0 Å². The van der Waals surface area contributed by atoms with Crippen molar-refractivity contribution in [3.63, 3.8) is 0 Å². The van der Waals surface area contributed by atoms with Gasteiger partial charge in [-0.2, -0.15) is 0 Å². The molecule has 3 aliphatic heterocycles. The number of benzene rings is 3. The van der Waals surface area contributed by atoms with Gasteiger partial charge in [0.05, 0.1) is 11.7 Å². The Balaban J connectivity index is 0.000000595. The van der Waals surface area contributed by atoms with Crippen molar-refractivity contribution in [2.75, 3.05) is 17.3 Å². The summed E-state index contributed by atoms with van der Waals surface area (Å²) in [5.41, 5.74) is 10.1. The van der Waals surface area contributed by atoms with Crippen LogP contribution in [-0.2, 0) is 0 Å². The molecule has 4 unspecified atom stereocenters. The van der Waals surface area contributed by atoms with Crippen molar-refractivity contribution in [2.45, 2.75) is 58.9 Å². The van der Waals surface area contributed by atoms with Crippen molar-refractivity contribution < 1.29 is 0 Å². The summed E-state index contributed by atoms with van der Waals surface area (Å²) in [5.74, 6) is 0.389. The third-order valence-corrected chi connectivity index (χ3v) is 8.79. The molecular formula is C40H46N4. The standard InChI is InChI=1S/C34H32N4.C4H8.C2H6/c1-4-5-16-30-23(2)36(3)34-28-14-6-9-15-29(28)35-33(38(30)34)24-19-21-25(22-20-24)37-31-17-10-7-12-26(31)27-13-8-11-18-32(27)37;1-3-4-2;1-2/h4-22,26,31,33-35H,1H2,2-3H3;3-4H,1-2H3;1-2H3/b16-5-;4-3-;. The lowest BCUT2D eigenvalue weighted by Crippen LogP contribution is -2.41. The van der Waals surface area contributed by atoms with E-state index in [0.717, 1.165) is 0 Å². The van der Waals surface area contributed by atoms with Gasteiger partial charge in [0, 0.05) is 41.3 Å². The highest BCUT2D eigenvalue weighted by atomic mass is 15.5. The molecular weight excluding hydrogens is 536 g/mol. The van der Waals surface area contributed by atoms with Crippen LogP contribution in [0.3, 0.4) is 0 Å². The molecule has 1 N–H and O–H groups in total. The number of rotatable bonds is 4. The number of para-hydroxylation sites is 2. The topological polar surface area (TPSA) is 21.8 Å². The molecule has 3 aromatic rings. The molecule has 0 fully saturated rings. The van der Waals surface area contributed by atoms with E-state index in [1.165, 1.54) is 45.1 Å². The van der Waals surface area contributed by atoms with Gasteiger partial charge in [-0.15, -0.1) is 0 Å². The van der Waals surface area contributed by atoms with Crippen LogP contribution in [0.15, 0.2) is 145 Å². The van der Waals surface area contributed by atoms with E-state index in [1.807, 2.05) is 52.0 Å². The molecule has 7 rings (SSSR count). The van der Waals surface area contributed by atoms with Crippen LogP contribution in [0.2, 0.25) is 0 Å². The second kappa shape index (κ2) is 13.7. The second-order valence-corrected chi connectivity index (χ2v) is 11.1. The zero-order chi connectivity index (χ0) is 31.2. The van der Waals surface area contributed by atoms with Crippen LogP contribution in [0.1, 0.15) is 69.6 Å². The fourth-order valence-electron chi connectivity index (χ4n) is 6.60. The minimum absolute atomic E-state index is 0.00411. The SMILES string of the molecule is C/C=C\C.C=C/C=C\C1=C(C)N(C)C2c3ccccc3NC(c3ccc(N4c5ccccc5C5C=CC=CC54)cc3)N12.CC. The van der Waals surface area contributed by atoms with Crippen molar-refractivity contribution >= 4 is 17.1 Å². The molecule has 4 nitrogen and oxygen atoms in total. The summed E-state index contributed by atoms with van der Waals surface area (Å²) in [6, 6.07) is 26.9. The number of nitrogens with one attached hydrogen (secondary N) is 1. The van der Waals surface area contributed by atoms with Crippen molar-refractivity contribution in [2.24, 2.45) is 0 Å². The van der Waals surface area contributed by atoms with Gasteiger partial charge >= 0.3 is 0 Å². The summed E-state index contributed by atoms with van der Waals surface area (Å²) < 4.78 is 0. The van der Waals surface area contributed by atoms with Crippen LogP contribution >= 0.6 is 0 Å². The molecule has 0 radical (unpaired) electrons. The van der Waals surface area contributed by atoms with Gasteiger partial charge in [0.2, 0.25) is 0 Å². The van der Waals surface area contributed by atoms with E-state index in [0.29, 0.717) is 12.0 Å². The quantitative estimate of drug-likeness (QED) is 0.244. The summed E-state index contributed by atoms with van der Waals surface area (Å²) in [4.78, 5) is 7.37. The summed E-state index contributed by atoms with van der Waals surface area (Å²) in [6.07, 6.45) is 19.2. The Morgan fingerprint density at radius 3 is 2.18 bits per heavy atom. The molecule has 1 aliphatic carbocycles. The van der Waals surface area contributed by atoms with Crippen LogP contribution in [0, 0.1) is 0 Å². The molecule has 4 aliphatic rings. The fourth-order valence-corrected chi connectivity index (χ4v) is 6.60. The molecule has 4 atom stereocenters. The second-order valence-electron chi connectivity index (χ2n) is 11.1. The molecule has 0 saturated heterocycles. The molecule has 4 heteroatoms. The van der Waals surface area contributed by atoms with Crippen LogP contribution < -0.4 is 10.2 Å². The molecule has 3 heterocycles. The van der Waals surface area contributed by atoms with Gasteiger partial charge in [0.25, 0.3) is 0 Å². The predicted molar refractivity (Wildman–Crippen MR) is 189 cm³/mol. The first kappa shape index (κ1) is 30.7. The van der Waals surface area contributed by atoms with Crippen LogP contribution in [0.5, 0.6) is 0 Å². The summed E-state index contributed by atoms with van der Waals surface area (Å²) in [6.45, 7) is 14.1. The van der Waals surface area contributed by atoms with E-state index in [2.05, 4.69) is 144 Å². The molecule has 0 spiro atoms. The fraction of sp³-hybridized carbons (Fsp3) is 0.250. The maximum absolute atomic E-state index is 3.90. The van der Waals surface area contributed by atoms with E-state index in [-0.39, 0.29) is 12.3 Å². The highest BCUT2D eigenvalue weighted by Gasteiger charge is 2.43. The lowest BCUT2D eigenvalue weighted by atomic mass is 9.91. The number of anilines is 3. The number of nitrogens with zero attached hydrogens (tertiary/aromatic N) is 3. The highest BCUT2D eigenvalue weighted by Crippen LogP contribution is 2.51. The smallest absolute Gasteiger partial charge is 0.132 e. The molecule has 0 aromatic heterocycles. The Labute approximate surface area is 264 Å². The molecule has 0 bridgehead atoms. The highest BCUT2D eigenvalue weighted by molar-refractivity contribution is 5.75. The number of allylic oxidation sites excluding steroid dienone is 8. The third kappa shape index (κ3) is 5.41. The average Bonchev–Trinajstić information content (AvgIpc) is 3.55. The van der Waals surface area contributed by atoms with Gasteiger partial charge in [0.1, 0.15) is 12.3 Å². The lowest BCUT2D eigenvalue weighted by molar-refractivity contribution is 0.123. The maximum Gasteiger partial charge on any atom is 0.132 e. The van der Waals surface area contributed by atoms with Crippen LogP contribution in [0.25, 0.3) is 0 Å². The molecule has 44 heavy (non-hydrogen) atoms. The summed E-state index contributed by atoms with van der Waals surface area (Å²) in [7, 11) is 2.19. The van der Waals surface area contributed by atoms with Crippen molar-refractivity contribution in [3.8, 4) is 0 Å². The molecule has 0 amide bonds. The molecule has 3 aromatic carbocycles. The van der Waals surface area contributed by atoms with E-state index in [4.69, 9.17) is 0 Å².